The maximum absolute atomic E-state index is 11.7. The number of rotatable bonds is 15. The summed E-state index contributed by atoms with van der Waals surface area (Å²) in [5.74, 6) is -0.178. The lowest BCUT2D eigenvalue weighted by Crippen LogP contribution is -2.37. The first kappa shape index (κ1) is 23.0. The number of hydrogen-bond donors (Lipinski definition) is 2. The summed E-state index contributed by atoms with van der Waals surface area (Å²) in [6.07, 6.45) is 12.1. The van der Waals surface area contributed by atoms with E-state index in [2.05, 4.69) is 17.6 Å². The summed E-state index contributed by atoms with van der Waals surface area (Å²) < 4.78 is 5.06. The molecule has 2 amide bonds. The van der Waals surface area contributed by atoms with Gasteiger partial charge in [0, 0.05) is 6.54 Å². The number of unbranched alkanes of at least 4 members (excludes halogenated alkanes) is 9. The highest BCUT2D eigenvalue weighted by Gasteiger charge is 2.06. The molecule has 5 heteroatoms. The van der Waals surface area contributed by atoms with Crippen LogP contribution in [0, 0.1) is 0 Å². The van der Waals surface area contributed by atoms with Crippen molar-refractivity contribution in [3.63, 3.8) is 0 Å². The largest absolute Gasteiger partial charge is 0.445 e. The molecule has 0 aliphatic rings. The van der Waals surface area contributed by atoms with E-state index in [0.29, 0.717) is 6.54 Å². The molecule has 0 aliphatic heterocycles. The first-order chi connectivity index (χ1) is 13.2. The lowest BCUT2D eigenvalue weighted by Gasteiger charge is -2.08. The summed E-state index contributed by atoms with van der Waals surface area (Å²) in [5.41, 5.74) is 0.915. The number of ether oxygens (including phenoxy) is 1. The van der Waals surface area contributed by atoms with E-state index in [1.54, 1.807) is 0 Å². The highest BCUT2D eigenvalue weighted by Crippen LogP contribution is 2.10. The SMILES string of the molecule is CCCCCCCCCCCCNC(=O)CNC(=O)OCc1ccccc1. The zero-order chi connectivity index (χ0) is 19.6. The molecular formula is C22H36N2O3. The number of carbonyl (C=O) groups is 2. The van der Waals surface area contributed by atoms with E-state index in [0.717, 1.165) is 18.4 Å². The van der Waals surface area contributed by atoms with Crippen LogP contribution in [0.2, 0.25) is 0 Å². The van der Waals surface area contributed by atoms with Crippen molar-refractivity contribution in [1.29, 1.82) is 0 Å². The molecule has 0 radical (unpaired) electrons. The van der Waals surface area contributed by atoms with Crippen LogP contribution >= 0.6 is 0 Å². The van der Waals surface area contributed by atoms with Crippen molar-refractivity contribution in [1.82, 2.24) is 10.6 Å². The van der Waals surface area contributed by atoms with Crippen LogP contribution in [0.4, 0.5) is 4.79 Å². The van der Waals surface area contributed by atoms with Crippen LogP contribution in [-0.4, -0.2) is 25.1 Å². The smallest absolute Gasteiger partial charge is 0.407 e. The Morgan fingerprint density at radius 1 is 0.815 bits per heavy atom. The second-order valence-corrected chi connectivity index (χ2v) is 6.95. The summed E-state index contributed by atoms with van der Waals surface area (Å²) in [6, 6.07) is 9.44. The lowest BCUT2D eigenvalue weighted by atomic mass is 10.1. The highest BCUT2D eigenvalue weighted by molar-refractivity contribution is 5.82. The van der Waals surface area contributed by atoms with E-state index in [4.69, 9.17) is 4.74 Å². The average Bonchev–Trinajstić information content (AvgIpc) is 2.69. The predicted molar refractivity (Wildman–Crippen MR) is 109 cm³/mol. The molecule has 0 unspecified atom stereocenters. The van der Waals surface area contributed by atoms with Crippen LogP contribution < -0.4 is 10.6 Å². The van der Waals surface area contributed by atoms with E-state index in [9.17, 15) is 9.59 Å². The number of amides is 2. The Hall–Kier alpha value is -2.04. The summed E-state index contributed by atoms with van der Waals surface area (Å²) in [6.45, 7) is 3.06. The van der Waals surface area contributed by atoms with Gasteiger partial charge >= 0.3 is 6.09 Å². The molecule has 0 saturated heterocycles. The minimum Gasteiger partial charge on any atom is -0.445 e. The highest BCUT2D eigenvalue weighted by atomic mass is 16.5. The zero-order valence-corrected chi connectivity index (χ0v) is 16.8. The molecule has 2 N–H and O–H groups in total. The van der Waals surface area contributed by atoms with Crippen molar-refractivity contribution in [3.8, 4) is 0 Å². The standard InChI is InChI=1S/C22H36N2O3/c1-2-3-4-5-6-7-8-9-10-14-17-23-21(25)18-24-22(26)27-19-20-15-12-11-13-16-20/h11-13,15-16H,2-10,14,17-19H2,1H3,(H,23,25)(H,24,26). The van der Waals surface area contributed by atoms with Gasteiger partial charge in [-0.2, -0.15) is 0 Å². The minimum absolute atomic E-state index is 0.0502. The Balaban J connectivity index is 1.89. The van der Waals surface area contributed by atoms with Crippen molar-refractivity contribution >= 4 is 12.0 Å². The van der Waals surface area contributed by atoms with E-state index < -0.39 is 6.09 Å². The maximum atomic E-state index is 11.7. The molecule has 152 valence electrons. The van der Waals surface area contributed by atoms with Crippen molar-refractivity contribution in [2.24, 2.45) is 0 Å². The van der Waals surface area contributed by atoms with E-state index in [-0.39, 0.29) is 19.1 Å². The van der Waals surface area contributed by atoms with Crippen LogP contribution in [0.15, 0.2) is 30.3 Å². The molecule has 0 aliphatic carbocycles. The normalized spacial score (nSPS) is 10.4. The Bertz CT molecular complexity index is 506. The predicted octanol–water partition coefficient (Wildman–Crippen LogP) is 4.95. The van der Waals surface area contributed by atoms with E-state index in [1.807, 2.05) is 30.3 Å². The summed E-state index contributed by atoms with van der Waals surface area (Å²) in [5, 5.41) is 5.30. The van der Waals surface area contributed by atoms with Crippen LogP contribution in [0.25, 0.3) is 0 Å². The van der Waals surface area contributed by atoms with Crippen molar-refractivity contribution < 1.29 is 14.3 Å². The Morgan fingerprint density at radius 3 is 2.04 bits per heavy atom. The van der Waals surface area contributed by atoms with Gasteiger partial charge < -0.3 is 15.4 Å². The van der Waals surface area contributed by atoms with Gasteiger partial charge in [-0.05, 0) is 12.0 Å². The average molecular weight is 377 g/mol. The number of alkyl carbamates (subject to hydrolysis) is 1. The molecule has 5 nitrogen and oxygen atoms in total. The Kier molecular flexibility index (Phi) is 13.8. The van der Waals surface area contributed by atoms with Crippen molar-refractivity contribution in [2.75, 3.05) is 13.1 Å². The third-order valence-electron chi connectivity index (χ3n) is 4.46. The van der Waals surface area contributed by atoms with Gasteiger partial charge in [0.2, 0.25) is 5.91 Å². The second-order valence-electron chi connectivity index (χ2n) is 6.95. The number of carbonyl (C=O) groups excluding carboxylic acids is 2. The van der Waals surface area contributed by atoms with Crippen LogP contribution in [0.5, 0.6) is 0 Å². The molecule has 0 fully saturated rings. The maximum Gasteiger partial charge on any atom is 0.407 e. The first-order valence-electron chi connectivity index (χ1n) is 10.4. The Labute approximate surface area is 164 Å². The fourth-order valence-electron chi connectivity index (χ4n) is 2.83. The lowest BCUT2D eigenvalue weighted by molar-refractivity contribution is -0.120. The van der Waals surface area contributed by atoms with Gasteiger partial charge in [0.25, 0.3) is 0 Å². The van der Waals surface area contributed by atoms with Gasteiger partial charge in [-0.25, -0.2) is 4.79 Å². The minimum atomic E-state index is -0.576. The molecule has 0 atom stereocenters. The second kappa shape index (κ2) is 16.2. The fourth-order valence-corrected chi connectivity index (χ4v) is 2.83. The number of hydrogen-bond acceptors (Lipinski definition) is 3. The summed E-state index contributed by atoms with van der Waals surface area (Å²) in [4.78, 5) is 23.3. The molecule has 1 aromatic rings. The third-order valence-corrected chi connectivity index (χ3v) is 4.46. The van der Waals surface area contributed by atoms with Crippen LogP contribution in [-0.2, 0) is 16.1 Å². The quantitative estimate of drug-likeness (QED) is 0.426. The van der Waals surface area contributed by atoms with Gasteiger partial charge in [0.15, 0.2) is 0 Å². The van der Waals surface area contributed by atoms with Gasteiger partial charge in [-0.15, -0.1) is 0 Å². The van der Waals surface area contributed by atoms with Crippen LogP contribution in [0.1, 0.15) is 76.7 Å². The molecule has 0 bridgehead atoms. The molecule has 0 aromatic heterocycles. The molecule has 0 spiro atoms. The summed E-state index contributed by atoms with van der Waals surface area (Å²) in [7, 11) is 0. The molecule has 27 heavy (non-hydrogen) atoms. The van der Waals surface area contributed by atoms with Gasteiger partial charge in [-0.1, -0.05) is 95.0 Å². The Morgan fingerprint density at radius 2 is 1.41 bits per heavy atom. The first-order valence-corrected chi connectivity index (χ1v) is 10.4. The van der Waals surface area contributed by atoms with Gasteiger partial charge in [0.05, 0.1) is 6.54 Å². The molecular weight excluding hydrogens is 340 g/mol. The topological polar surface area (TPSA) is 67.4 Å². The van der Waals surface area contributed by atoms with Gasteiger partial charge in [0.1, 0.15) is 6.61 Å². The van der Waals surface area contributed by atoms with Crippen LogP contribution in [0.3, 0.4) is 0 Å². The zero-order valence-electron chi connectivity index (χ0n) is 16.8. The number of benzene rings is 1. The third kappa shape index (κ3) is 13.8. The van der Waals surface area contributed by atoms with Gasteiger partial charge in [-0.3, -0.25) is 4.79 Å². The fraction of sp³-hybridized carbons (Fsp3) is 0.636. The van der Waals surface area contributed by atoms with E-state index >= 15 is 0 Å². The van der Waals surface area contributed by atoms with E-state index in [1.165, 1.54) is 51.4 Å². The monoisotopic (exact) mass is 376 g/mol. The summed E-state index contributed by atoms with van der Waals surface area (Å²) >= 11 is 0. The number of nitrogens with one attached hydrogen (secondary N) is 2. The van der Waals surface area contributed by atoms with Crippen molar-refractivity contribution in [2.45, 2.75) is 77.7 Å². The van der Waals surface area contributed by atoms with Crippen molar-refractivity contribution in [3.05, 3.63) is 35.9 Å². The molecule has 0 saturated carbocycles. The molecule has 1 rings (SSSR count). The molecule has 0 heterocycles. The molecule has 1 aromatic carbocycles.